The summed E-state index contributed by atoms with van der Waals surface area (Å²) >= 11 is 0. The summed E-state index contributed by atoms with van der Waals surface area (Å²) in [6.07, 6.45) is 2.96. The number of nitrogens with one attached hydrogen (secondary N) is 2. The van der Waals surface area contributed by atoms with Crippen molar-refractivity contribution in [1.82, 2.24) is 5.32 Å². The third-order valence-electron chi connectivity index (χ3n) is 2.90. The number of hydrogen-bond donors (Lipinski definition) is 2. The molecule has 3 nitrogen and oxygen atoms in total. The Bertz CT molecular complexity index is 358. The molecule has 84 valence electrons. The van der Waals surface area contributed by atoms with E-state index in [2.05, 4.69) is 28.8 Å². The van der Waals surface area contributed by atoms with Gasteiger partial charge in [0.05, 0.1) is 12.5 Å². The second-order valence-electron chi connectivity index (χ2n) is 4.22. The van der Waals surface area contributed by atoms with E-state index in [0.29, 0.717) is 12.5 Å². The molecule has 1 atom stereocenters. The van der Waals surface area contributed by atoms with E-state index in [0.717, 1.165) is 24.3 Å². The van der Waals surface area contributed by atoms with Crippen LogP contribution in [0.4, 0.5) is 5.69 Å². The Morgan fingerprint density at radius 2 is 2.19 bits per heavy atom. The molecule has 0 aromatic heterocycles. The maximum Gasteiger partial charge on any atom is 0.0669 e. The van der Waals surface area contributed by atoms with Crippen LogP contribution in [0.3, 0.4) is 0 Å². The van der Waals surface area contributed by atoms with Crippen LogP contribution >= 0.6 is 0 Å². The van der Waals surface area contributed by atoms with Gasteiger partial charge in [0.2, 0.25) is 0 Å². The van der Waals surface area contributed by atoms with Gasteiger partial charge in [-0.3, -0.25) is 0 Å². The second kappa shape index (κ2) is 5.53. The minimum Gasteiger partial charge on any atom is -0.381 e. The van der Waals surface area contributed by atoms with Crippen molar-refractivity contribution in [3.05, 3.63) is 29.8 Å². The molecule has 0 aliphatic carbocycles. The minimum atomic E-state index is 0.491. The summed E-state index contributed by atoms with van der Waals surface area (Å²) < 4.78 is 0. The molecule has 1 saturated heterocycles. The Morgan fingerprint density at radius 3 is 2.81 bits per heavy atom. The van der Waals surface area contributed by atoms with Gasteiger partial charge >= 0.3 is 0 Å². The molecule has 0 radical (unpaired) electrons. The molecule has 1 aliphatic rings. The van der Waals surface area contributed by atoms with Crippen molar-refractivity contribution in [3.8, 4) is 6.07 Å². The number of anilines is 1. The molecule has 1 unspecified atom stereocenters. The number of hydrogen-bond acceptors (Lipinski definition) is 3. The third-order valence-corrected chi connectivity index (χ3v) is 2.90. The lowest BCUT2D eigenvalue weighted by atomic mass is 10.1. The van der Waals surface area contributed by atoms with Crippen molar-refractivity contribution in [3.63, 3.8) is 0 Å². The lowest BCUT2D eigenvalue weighted by Crippen LogP contribution is -2.38. The first-order valence-corrected chi connectivity index (χ1v) is 5.81. The quantitative estimate of drug-likeness (QED) is 0.809. The molecule has 0 saturated carbocycles. The van der Waals surface area contributed by atoms with Gasteiger partial charge in [0.1, 0.15) is 0 Å². The number of nitriles is 1. The Balaban J connectivity index is 1.91. The first-order valence-electron chi connectivity index (χ1n) is 5.81. The topological polar surface area (TPSA) is 47.9 Å². The number of piperidine rings is 1. The number of benzene rings is 1. The van der Waals surface area contributed by atoms with Crippen LogP contribution in [-0.4, -0.2) is 19.1 Å². The van der Waals surface area contributed by atoms with E-state index in [4.69, 9.17) is 5.26 Å². The van der Waals surface area contributed by atoms with Crippen molar-refractivity contribution in [1.29, 1.82) is 5.26 Å². The zero-order chi connectivity index (χ0) is 11.2. The molecule has 2 rings (SSSR count). The van der Waals surface area contributed by atoms with E-state index in [1.165, 1.54) is 12.8 Å². The summed E-state index contributed by atoms with van der Waals surface area (Å²) in [5, 5.41) is 15.5. The summed E-state index contributed by atoms with van der Waals surface area (Å²) in [6, 6.07) is 10.8. The van der Waals surface area contributed by atoms with E-state index < -0.39 is 0 Å². The molecule has 0 amide bonds. The molecule has 16 heavy (non-hydrogen) atoms. The lowest BCUT2D eigenvalue weighted by molar-refractivity contribution is 0.480. The van der Waals surface area contributed by atoms with Crippen LogP contribution in [0.1, 0.15) is 18.4 Å². The van der Waals surface area contributed by atoms with E-state index in [1.54, 1.807) is 0 Å². The predicted molar refractivity (Wildman–Crippen MR) is 65.3 cm³/mol. The lowest BCUT2D eigenvalue weighted by Gasteiger charge is -2.24. The van der Waals surface area contributed by atoms with Crippen LogP contribution in [0.15, 0.2) is 24.3 Å². The van der Waals surface area contributed by atoms with Crippen LogP contribution in [0, 0.1) is 11.3 Å². The highest BCUT2D eigenvalue weighted by atomic mass is 15.0. The molecular weight excluding hydrogens is 198 g/mol. The van der Waals surface area contributed by atoms with E-state index in [9.17, 15) is 0 Å². The molecule has 1 aliphatic heterocycles. The van der Waals surface area contributed by atoms with Gasteiger partial charge in [0.15, 0.2) is 0 Å². The normalized spacial score (nSPS) is 20.1. The highest BCUT2D eigenvalue weighted by Gasteiger charge is 2.11. The molecule has 3 heteroatoms. The third kappa shape index (κ3) is 2.98. The van der Waals surface area contributed by atoms with Crippen molar-refractivity contribution in [2.24, 2.45) is 0 Å². The van der Waals surface area contributed by atoms with Gasteiger partial charge in [-0.1, -0.05) is 12.1 Å². The van der Waals surface area contributed by atoms with Gasteiger partial charge in [0, 0.05) is 18.3 Å². The van der Waals surface area contributed by atoms with Gasteiger partial charge in [-0.25, -0.2) is 0 Å². The molecule has 2 N–H and O–H groups in total. The van der Waals surface area contributed by atoms with Crippen molar-refractivity contribution >= 4 is 5.69 Å². The Morgan fingerprint density at radius 1 is 1.38 bits per heavy atom. The molecule has 1 fully saturated rings. The largest absolute Gasteiger partial charge is 0.381 e. The number of nitrogens with zero attached hydrogens (tertiary/aromatic N) is 1. The fraction of sp³-hybridized carbons (Fsp3) is 0.462. The zero-order valence-corrected chi connectivity index (χ0v) is 9.37. The summed E-state index contributed by atoms with van der Waals surface area (Å²) in [4.78, 5) is 0. The van der Waals surface area contributed by atoms with Crippen LogP contribution in [0.2, 0.25) is 0 Å². The van der Waals surface area contributed by atoms with Gasteiger partial charge in [-0.05, 0) is 37.1 Å². The molecular formula is C13H17N3. The fourth-order valence-corrected chi connectivity index (χ4v) is 2.02. The average molecular weight is 215 g/mol. The minimum absolute atomic E-state index is 0.491. The highest BCUT2D eigenvalue weighted by molar-refractivity contribution is 5.46. The fourth-order valence-electron chi connectivity index (χ4n) is 2.02. The van der Waals surface area contributed by atoms with Crippen LogP contribution in [0.25, 0.3) is 0 Å². The summed E-state index contributed by atoms with van der Waals surface area (Å²) in [6.45, 7) is 2.18. The maximum atomic E-state index is 8.58. The number of rotatable bonds is 3. The Kier molecular flexibility index (Phi) is 3.79. The van der Waals surface area contributed by atoms with Crippen molar-refractivity contribution < 1.29 is 0 Å². The van der Waals surface area contributed by atoms with Crippen molar-refractivity contribution in [2.45, 2.75) is 25.3 Å². The van der Waals surface area contributed by atoms with Crippen molar-refractivity contribution in [2.75, 3.05) is 18.4 Å². The smallest absolute Gasteiger partial charge is 0.0669 e. The Labute approximate surface area is 96.5 Å². The van der Waals surface area contributed by atoms with Gasteiger partial charge in [0.25, 0.3) is 0 Å². The summed E-state index contributed by atoms with van der Waals surface area (Å²) in [5.41, 5.74) is 2.23. The molecule has 1 aromatic carbocycles. The molecule has 0 spiro atoms. The highest BCUT2D eigenvalue weighted by Crippen LogP contribution is 2.13. The van der Waals surface area contributed by atoms with E-state index in [-0.39, 0.29) is 0 Å². The second-order valence-corrected chi connectivity index (χ2v) is 4.22. The van der Waals surface area contributed by atoms with Gasteiger partial charge in [-0.15, -0.1) is 0 Å². The maximum absolute atomic E-state index is 8.58. The van der Waals surface area contributed by atoms with Gasteiger partial charge in [-0.2, -0.15) is 5.26 Å². The first-order chi connectivity index (χ1) is 7.88. The monoisotopic (exact) mass is 215 g/mol. The van der Waals surface area contributed by atoms with Crippen LogP contribution < -0.4 is 10.6 Å². The first kappa shape index (κ1) is 11.0. The van der Waals surface area contributed by atoms with E-state index >= 15 is 0 Å². The van der Waals surface area contributed by atoms with Gasteiger partial charge < -0.3 is 10.6 Å². The summed E-state index contributed by atoms with van der Waals surface area (Å²) in [7, 11) is 0. The molecule has 0 bridgehead atoms. The SMILES string of the molecule is N#CCc1ccc(NC2CCCNC2)cc1. The van der Waals surface area contributed by atoms with Crippen LogP contribution in [-0.2, 0) is 6.42 Å². The average Bonchev–Trinajstić information content (AvgIpc) is 2.33. The van der Waals surface area contributed by atoms with E-state index in [1.807, 2.05) is 12.1 Å². The summed E-state index contributed by atoms with van der Waals surface area (Å²) in [5.74, 6) is 0. The standard InChI is InChI=1S/C13H17N3/c14-8-7-11-3-5-12(6-4-11)16-13-2-1-9-15-10-13/h3-6,13,15-16H,1-2,7,9-10H2. The molecule has 1 aromatic rings. The Hall–Kier alpha value is -1.53. The van der Waals surface area contributed by atoms with Crippen LogP contribution in [0.5, 0.6) is 0 Å². The molecule has 1 heterocycles. The zero-order valence-electron chi connectivity index (χ0n) is 9.37. The predicted octanol–water partition coefficient (Wildman–Crippen LogP) is 1.92.